The van der Waals surface area contributed by atoms with Crippen LogP contribution in [0.2, 0.25) is 0 Å². The van der Waals surface area contributed by atoms with Gasteiger partial charge in [0, 0.05) is 0 Å². The van der Waals surface area contributed by atoms with Crippen LogP contribution >= 0.6 is 0 Å². The Hall–Kier alpha value is -1.88. The molecule has 0 spiro atoms. The van der Waals surface area contributed by atoms with Gasteiger partial charge in [0.25, 0.3) is 5.56 Å². The van der Waals surface area contributed by atoms with Gasteiger partial charge in [-0.2, -0.15) is 0 Å². The molecule has 10 nitrogen and oxygen atoms in total. The van der Waals surface area contributed by atoms with Gasteiger partial charge >= 0.3 is 5.69 Å². The average Bonchev–Trinajstić information content (AvgIpc) is 2.93. The third-order valence-corrected chi connectivity index (χ3v) is 3.46. The normalized spacial score (nSPS) is 32.2. The molecule has 0 saturated carbocycles. The second-order valence-corrected chi connectivity index (χ2v) is 4.67. The highest BCUT2D eigenvalue weighted by molar-refractivity contribution is 5.69. The van der Waals surface area contributed by atoms with Gasteiger partial charge in [-0.3, -0.25) is 14.8 Å². The van der Waals surface area contributed by atoms with E-state index < -0.39 is 42.4 Å². The molecule has 1 aromatic rings. The molecule has 4 atom stereocenters. The predicted molar refractivity (Wildman–Crippen MR) is 66.4 cm³/mol. The molecule has 1 saturated heterocycles. The van der Waals surface area contributed by atoms with Crippen LogP contribution in [0.25, 0.3) is 0 Å². The maximum atomic E-state index is 11.6. The molecule has 3 heterocycles. The number of nitrogens with zero attached hydrogens (tertiary/aromatic N) is 1. The monoisotopic (exact) mass is 286 g/mol. The van der Waals surface area contributed by atoms with Gasteiger partial charge in [-0.15, -0.1) is 0 Å². The van der Waals surface area contributed by atoms with Crippen molar-refractivity contribution in [1.82, 2.24) is 9.97 Å². The number of hydrogen-bond donors (Lipinski definition) is 6. The Bertz CT molecular complexity index is 627. The largest absolute Gasteiger partial charge is 0.394 e. The van der Waals surface area contributed by atoms with Gasteiger partial charge in [0.05, 0.1) is 13.3 Å². The van der Waals surface area contributed by atoms with Crippen LogP contribution in [0.4, 0.5) is 11.5 Å². The molecular formula is C10H14N4O6. The fourth-order valence-corrected chi connectivity index (χ4v) is 2.45. The Labute approximate surface area is 111 Å². The van der Waals surface area contributed by atoms with Crippen LogP contribution in [0.15, 0.2) is 9.59 Å². The molecule has 2 aliphatic rings. The van der Waals surface area contributed by atoms with E-state index in [2.05, 4.69) is 15.3 Å². The minimum atomic E-state index is -1.28. The summed E-state index contributed by atoms with van der Waals surface area (Å²) in [5.74, 6) is 0.175. The van der Waals surface area contributed by atoms with Crippen LogP contribution in [0.5, 0.6) is 0 Å². The van der Waals surface area contributed by atoms with Gasteiger partial charge in [-0.25, -0.2) is 4.79 Å². The molecule has 0 bridgehead atoms. The molecule has 0 aromatic carbocycles. The molecule has 110 valence electrons. The van der Waals surface area contributed by atoms with Gasteiger partial charge in [-0.1, -0.05) is 0 Å². The van der Waals surface area contributed by atoms with E-state index in [9.17, 15) is 19.8 Å². The first kappa shape index (κ1) is 13.1. The molecule has 0 unspecified atom stereocenters. The molecule has 10 heteroatoms. The van der Waals surface area contributed by atoms with Crippen LogP contribution in [0.3, 0.4) is 0 Å². The van der Waals surface area contributed by atoms with E-state index in [-0.39, 0.29) is 18.2 Å². The Kier molecular flexibility index (Phi) is 3.01. The summed E-state index contributed by atoms with van der Waals surface area (Å²) in [6.45, 7) is -0.334. The molecule has 1 aromatic heterocycles. The van der Waals surface area contributed by atoms with Crippen LogP contribution in [0, 0.1) is 0 Å². The van der Waals surface area contributed by atoms with Crippen molar-refractivity contribution in [2.45, 2.75) is 24.5 Å². The maximum absolute atomic E-state index is 11.6. The highest BCUT2D eigenvalue weighted by atomic mass is 16.6. The van der Waals surface area contributed by atoms with Crippen LogP contribution in [0.1, 0.15) is 0 Å². The number of fused-ring (bicyclic) bond motifs is 1. The van der Waals surface area contributed by atoms with Crippen molar-refractivity contribution < 1.29 is 20.1 Å². The van der Waals surface area contributed by atoms with Crippen molar-refractivity contribution in [3.63, 3.8) is 0 Å². The third-order valence-electron chi connectivity index (χ3n) is 3.46. The zero-order valence-corrected chi connectivity index (χ0v) is 10.2. The van der Waals surface area contributed by atoms with Crippen LogP contribution in [-0.4, -0.2) is 63.1 Å². The topological polar surface area (TPSA) is 151 Å². The van der Waals surface area contributed by atoms with Crippen molar-refractivity contribution >= 4 is 11.5 Å². The van der Waals surface area contributed by atoms with Crippen LogP contribution < -0.4 is 21.5 Å². The van der Waals surface area contributed by atoms with Gasteiger partial charge < -0.3 is 30.3 Å². The second kappa shape index (κ2) is 4.59. The summed E-state index contributed by atoms with van der Waals surface area (Å²) < 4.78 is 5.36. The van der Waals surface area contributed by atoms with E-state index in [1.807, 2.05) is 0 Å². The van der Waals surface area contributed by atoms with E-state index in [1.54, 1.807) is 0 Å². The zero-order chi connectivity index (χ0) is 14.4. The highest BCUT2D eigenvalue weighted by Gasteiger charge is 2.47. The first-order chi connectivity index (χ1) is 9.52. The number of rotatable bonds is 2. The highest BCUT2D eigenvalue weighted by Crippen LogP contribution is 2.32. The average molecular weight is 286 g/mol. The molecule has 0 aliphatic carbocycles. The van der Waals surface area contributed by atoms with Gasteiger partial charge in [-0.05, 0) is 0 Å². The van der Waals surface area contributed by atoms with E-state index in [1.165, 1.54) is 4.90 Å². The van der Waals surface area contributed by atoms with Crippen molar-refractivity contribution in [3.8, 4) is 0 Å². The molecule has 0 radical (unpaired) electrons. The first-order valence-corrected chi connectivity index (χ1v) is 6.02. The predicted octanol–water partition coefficient (Wildman–Crippen LogP) is -3.31. The van der Waals surface area contributed by atoms with E-state index in [0.717, 1.165) is 0 Å². The number of aromatic nitrogens is 2. The number of ether oxygens (including phenoxy) is 1. The van der Waals surface area contributed by atoms with E-state index >= 15 is 0 Å². The van der Waals surface area contributed by atoms with Crippen molar-refractivity contribution in [2.75, 3.05) is 23.5 Å². The SMILES string of the molecule is O=c1[nH]c2c(c(=O)[nH]1)NCN2[C@@H]1O[C@H](CO)[C@@H](O)[C@H]1O. The van der Waals surface area contributed by atoms with E-state index in [4.69, 9.17) is 9.84 Å². The van der Waals surface area contributed by atoms with Gasteiger partial charge in [0.15, 0.2) is 6.23 Å². The number of aliphatic hydroxyl groups is 3. The van der Waals surface area contributed by atoms with Gasteiger partial charge in [0.2, 0.25) is 0 Å². The molecule has 2 aliphatic heterocycles. The lowest BCUT2D eigenvalue weighted by Gasteiger charge is -2.26. The van der Waals surface area contributed by atoms with Crippen molar-refractivity contribution in [2.24, 2.45) is 0 Å². The number of hydrogen-bond acceptors (Lipinski definition) is 8. The first-order valence-electron chi connectivity index (χ1n) is 6.02. The maximum Gasteiger partial charge on any atom is 0.327 e. The molecule has 1 fully saturated rings. The fraction of sp³-hybridized carbons (Fsp3) is 0.600. The summed E-state index contributed by atoms with van der Waals surface area (Å²) in [6, 6.07) is 0. The fourth-order valence-electron chi connectivity index (χ4n) is 2.45. The van der Waals surface area contributed by atoms with E-state index in [0.29, 0.717) is 0 Å². The Balaban J connectivity index is 1.96. The lowest BCUT2D eigenvalue weighted by Crippen LogP contribution is -2.44. The van der Waals surface area contributed by atoms with Crippen molar-refractivity contribution in [1.29, 1.82) is 0 Å². The lowest BCUT2D eigenvalue weighted by atomic mass is 10.1. The number of H-pyrrole nitrogens is 2. The van der Waals surface area contributed by atoms with Crippen molar-refractivity contribution in [3.05, 3.63) is 20.8 Å². The van der Waals surface area contributed by atoms with Gasteiger partial charge in [0.1, 0.15) is 29.8 Å². The quantitative estimate of drug-likeness (QED) is 0.331. The number of aliphatic hydroxyl groups excluding tert-OH is 3. The number of anilines is 2. The summed E-state index contributed by atoms with van der Waals surface area (Å²) in [5.41, 5.74) is -1.12. The summed E-state index contributed by atoms with van der Waals surface area (Å²) in [6.07, 6.45) is -4.42. The Morgan fingerprint density at radius 3 is 2.65 bits per heavy atom. The Morgan fingerprint density at radius 1 is 1.25 bits per heavy atom. The lowest BCUT2D eigenvalue weighted by molar-refractivity contribution is -0.0220. The number of nitrogens with one attached hydrogen (secondary N) is 3. The summed E-state index contributed by atoms with van der Waals surface area (Å²) in [5, 5.41) is 31.5. The molecule has 6 N–H and O–H groups in total. The summed E-state index contributed by atoms with van der Waals surface area (Å²) >= 11 is 0. The molecule has 20 heavy (non-hydrogen) atoms. The minimum Gasteiger partial charge on any atom is -0.394 e. The second-order valence-electron chi connectivity index (χ2n) is 4.67. The molecule has 3 rings (SSSR count). The van der Waals surface area contributed by atoms with Crippen LogP contribution in [-0.2, 0) is 4.74 Å². The molecule has 0 amide bonds. The third kappa shape index (κ3) is 1.81. The summed E-state index contributed by atoms with van der Waals surface area (Å²) in [7, 11) is 0. The summed E-state index contributed by atoms with van der Waals surface area (Å²) in [4.78, 5) is 28.8. The minimum absolute atomic E-state index is 0.116. The molecular weight excluding hydrogens is 272 g/mol. The zero-order valence-electron chi connectivity index (χ0n) is 10.2. The Morgan fingerprint density at radius 2 is 2.00 bits per heavy atom. The smallest absolute Gasteiger partial charge is 0.327 e. The number of aromatic amines is 2. The standard InChI is InChI=1S/C10H14N4O6/c15-1-3-5(16)6(17)9(20-3)14-2-11-4-7(14)12-10(19)13-8(4)18/h3,5-6,9,11,15-17H,1-2H2,(H2,12,13,18,19)/t3-,5-,6-,9-/m1/s1.